The molecule has 1 atom stereocenters. The van der Waals surface area contributed by atoms with Crippen molar-refractivity contribution in [2.24, 2.45) is 0 Å². The van der Waals surface area contributed by atoms with Crippen molar-refractivity contribution in [2.75, 3.05) is 0 Å². The van der Waals surface area contributed by atoms with Gasteiger partial charge >= 0.3 is 0 Å². The third-order valence-electron chi connectivity index (χ3n) is 1.39. The van der Waals surface area contributed by atoms with Crippen LogP contribution in [-0.2, 0) is 0 Å². The molecule has 0 bridgehead atoms. The largest absolute Gasteiger partial charge is 0.388 e. The second-order valence-electron chi connectivity index (χ2n) is 2.31. The molecule has 1 rings (SSSR count). The van der Waals surface area contributed by atoms with Crippen molar-refractivity contribution in [1.29, 1.82) is 0 Å². The van der Waals surface area contributed by atoms with Crippen LogP contribution in [0.4, 0.5) is 13.2 Å². The summed E-state index contributed by atoms with van der Waals surface area (Å²) in [6.45, 7) is 3.12. The zero-order chi connectivity index (χ0) is 9.30. The summed E-state index contributed by atoms with van der Waals surface area (Å²) < 4.78 is 37.2. The maximum atomic E-state index is 12.4. The minimum absolute atomic E-state index is 0.0913. The highest BCUT2D eigenvalue weighted by molar-refractivity contribution is 5.21. The van der Waals surface area contributed by atoms with E-state index in [1.165, 1.54) is 0 Å². The zero-order valence-corrected chi connectivity index (χ0v) is 6.02. The van der Waals surface area contributed by atoms with E-state index in [1.807, 2.05) is 0 Å². The lowest BCUT2D eigenvalue weighted by Gasteiger charge is -2.04. The number of aliphatic hydroxyl groups excluding tert-OH is 1. The van der Waals surface area contributed by atoms with E-state index in [0.29, 0.717) is 12.1 Å². The van der Waals surface area contributed by atoms with Gasteiger partial charge in [-0.05, 0) is 24.6 Å². The maximum absolute atomic E-state index is 12.4. The predicted molar refractivity (Wildman–Crippen MR) is 36.6 cm³/mol. The van der Waals surface area contributed by atoms with Gasteiger partial charge in [0.05, 0.1) is 6.10 Å². The number of rotatable bonds is 1. The van der Waals surface area contributed by atoms with Gasteiger partial charge in [0, 0.05) is 0 Å². The quantitative estimate of drug-likeness (QED) is 0.647. The van der Waals surface area contributed by atoms with E-state index < -0.39 is 23.6 Å². The SMILES string of the molecule is [CH2]C(O)c1cc(F)c(F)c(F)c1. The molecule has 0 spiro atoms. The third kappa shape index (κ3) is 1.58. The molecule has 1 radical (unpaired) electrons. The Labute approximate surface area is 67.5 Å². The number of hydrogen-bond acceptors (Lipinski definition) is 1. The maximum Gasteiger partial charge on any atom is 0.194 e. The average Bonchev–Trinajstić information content (AvgIpc) is 1.99. The van der Waals surface area contributed by atoms with Crippen LogP contribution in [0.2, 0.25) is 0 Å². The van der Waals surface area contributed by atoms with E-state index in [2.05, 4.69) is 6.92 Å². The Hall–Kier alpha value is -1.03. The average molecular weight is 175 g/mol. The van der Waals surface area contributed by atoms with Crippen molar-refractivity contribution in [3.05, 3.63) is 42.1 Å². The smallest absolute Gasteiger partial charge is 0.194 e. The van der Waals surface area contributed by atoms with Crippen molar-refractivity contribution < 1.29 is 18.3 Å². The van der Waals surface area contributed by atoms with Crippen LogP contribution in [-0.4, -0.2) is 5.11 Å². The van der Waals surface area contributed by atoms with E-state index in [9.17, 15) is 13.2 Å². The number of benzene rings is 1. The molecule has 12 heavy (non-hydrogen) atoms. The summed E-state index contributed by atoms with van der Waals surface area (Å²) in [6, 6.07) is 1.41. The molecule has 0 saturated carbocycles. The first-order valence-electron chi connectivity index (χ1n) is 3.18. The van der Waals surface area contributed by atoms with Crippen LogP contribution < -0.4 is 0 Å². The van der Waals surface area contributed by atoms with Crippen LogP contribution in [0.15, 0.2) is 12.1 Å². The van der Waals surface area contributed by atoms with Gasteiger partial charge in [-0.25, -0.2) is 13.2 Å². The lowest BCUT2D eigenvalue weighted by molar-refractivity contribution is 0.224. The summed E-state index contributed by atoms with van der Waals surface area (Å²) in [5.74, 6) is -4.19. The van der Waals surface area contributed by atoms with E-state index in [0.717, 1.165) is 0 Å². The minimum atomic E-state index is -1.54. The van der Waals surface area contributed by atoms with Crippen molar-refractivity contribution >= 4 is 0 Å². The molecule has 0 fully saturated rings. The molecule has 4 heteroatoms. The molecule has 1 nitrogen and oxygen atoms in total. The van der Waals surface area contributed by atoms with Gasteiger partial charge in [0.1, 0.15) is 0 Å². The second-order valence-corrected chi connectivity index (χ2v) is 2.31. The number of hydrogen-bond donors (Lipinski definition) is 1. The van der Waals surface area contributed by atoms with Crippen LogP contribution in [0.3, 0.4) is 0 Å². The molecule has 0 aromatic heterocycles. The lowest BCUT2D eigenvalue weighted by atomic mass is 10.1. The highest BCUT2D eigenvalue weighted by Gasteiger charge is 2.12. The third-order valence-corrected chi connectivity index (χ3v) is 1.39. The molecule has 0 heterocycles. The molecule has 0 aliphatic heterocycles. The zero-order valence-electron chi connectivity index (χ0n) is 6.02. The van der Waals surface area contributed by atoms with Gasteiger partial charge in [-0.3, -0.25) is 0 Å². The first kappa shape index (κ1) is 9.06. The second kappa shape index (κ2) is 3.15. The van der Waals surface area contributed by atoms with Crippen LogP contribution in [0, 0.1) is 24.4 Å². The Morgan fingerprint density at radius 2 is 1.58 bits per heavy atom. The fourth-order valence-electron chi connectivity index (χ4n) is 0.768. The lowest BCUT2D eigenvalue weighted by Crippen LogP contribution is -1.97. The van der Waals surface area contributed by atoms with Crippen molar-refractivity contribution in [3.63, 3.8) is 0 Å². The van der Waals surface area contributed by atoms with Crippen molar-refractivity contribution in [3.8, 4) is 0 Å². The molecular formula is C8H6F3O. The molecule has 1 aromatic carbocycles. The Kier molecular flexibility index (Phi) is 2.38. The van der Waals surface area contributed by atoms with Gasteiger partial charge in [0.25, 0.3) is 0 Å². The molecule has 0 aliphatic carbocycles. The minimum Gasteiger partial charge on any atom is -0.388 e. The first-order chi connectivity index (χ1) is 5.52. The van der Waals surface area contributed by atoms with Gasteiger partial charge in [0.2, 0.25) is 0 Å². The van der Waals surface area contributed by atoms with E-state index in [1.54, 1.807) is 0 Å². The van der Waals surface area contributed by atoms with E-state index >= 15 is 0 Å². The van der Waals surface area contributed by atoms with Crippen LogP contribution in [0.25, 0.3) is 0 Å². The van der Waals surface area contributed by atoms with Crippen molar-refractivity contribution in [2.45, 2.75) is 6.10 Å². The van der Waals surface area contributed by atoms with Crippen LogP contribution in [0.1, 0.15) is 11.7 Å². The Morgan fingerprint density at radius 1 is 1.17 bits per heavy atom. The summed E-state index contributed by atoms with van der Waals surface area (Å²) >= 11 is 0. The van der Waals surface area contributed by atoms with Crippen molar-refractivity contribution in [1.82, 2.24) is 0 Å². The predicted octanol–water partition coefficient (Wildman–Crippen LogP) is 1.97. The van der Waals surface area contributed by atoms with Crippen LogP contribution in [0.5, 0.6) is 0 Å². The highest BCUT2D eigenvalue weighted by atomic mass is 19.2. The van der Waals surface area contributed by atoms with Crippen LogP contribution >= 0.6 is 0 Å². The standard InChI is InChI=1S/C8H6F3O/c1-4(12)5-2-6(9)8(11)7(10)3-5/h2-4,12H,1H2. The first-order valence-corrected chi connectivity index (χ1v) is 3.18. The summed E-state index contributed by atoms with van der Waals surface area (Å²) in [5, 5.41) is 8.80. The van der Waals surface area contributed by atoms with Gasteiger partial charge < -0.3 is 5.11 Å². The van der Waals surface area contributed by atoms with Gasteiger partial charge in [0.15, 0.2) is 17.5 Å². The summed E-state index contributed by atoms with van der Waals surface area (Å²) in [5.41, 5.74) is -0.0913. The van der Waals surface area contributed by atoms with E-state index in [-0.39, 0.29) is 5.56 Å². The summed E-state index contributed by atoms with van der Waals surface area (Å²) in [4.78, 5) is 0. The number of aliphatic hydroxyl groups is 1. The molecule has 0 amide bonds. The van der Waals surface area contributed by atoms with Gasteiger partial charge in [-0.1, -0.05) is 0 Å². The highest BCUT2D eigenvalue weighted by Crippen LogP contribution is 2.18. The molecular weight excluding hydrogens is 169 g/mol. The fourth-order valence-corrected chi connectivity index (χ4v) is 0.768. The molecule has 1 aromatic rings. The molecule has 65 valence electrons. The Bertz CT molecular complexity index is 273. The summed E-state index contributed by atoms with van der Waals surface area (Å²) in [6.07, 6.45) is -1.26. The topological polar surface area (TPSA) is 20.2 Å². The fraction of sp³-hybridized carbons (Fsp3) is 0.125. The molecule has 0 aliphatic rings. The molecule has 1 unspecified atom stereocenters. The molecule has 1 N–H and O–H groups in total. The monoisotopic (exact) mass is 175 g/mol. The van der Waals surface area contributed by atoms with Gasteiger partial charge in [-0.2, -0.15) is 0 Å². The Balaban J connectivity index is 3.21. The molecule has 0 saturated heterocycles. The summed E-state index contributed by atoms with van der Waals surface area (Å²) in [7, 11) is 0. The normalized spacial score (nSPS) is 13.1. The van der Waals surface area contributed by atoms with E-state index in [4.69, 9.17) is 5.11 Å². The van der Waals surface area contributed by atoms with Gasteiger partial charge in [-0.15, -0.1) is 0 Å². The Morgan fingerprint density at radius 3 is 1.92 bits per heavy atom. The number of halogens is 3.